The number of carboxylic acid groups (broad SMARTS) is 1. The van der Waals surface area contributed by atoms with Gasteiger partial charge in [-0.1, -0.05) is 18.2 Å². The van der Waals surface area contributed by atoms with Gasteiger partial charge in [-0.05, 0) is 30.9 Å². The fraction of sp³-hybridized carbons (Fsp3) is 0.526. The standard InChI is InChI=1S/C19H24FN3O4/c1-22-16(24)12-14(17(25)26)19(22)7-10-23(11-8-19)18(27)21-9-6-13-4-2-3-5-15(13)20/h2-5,14H,6-12H2,1H3,(H,21,27)(H,25,26). The Morgan fingerprint density at radius 1 is 1.30 bits per heavy atom. The SMILES string of the molecule is CN1C(=O)CC(C(=O)O)C12CCN(C(=O)NCCc1ccccc1F)CC2. The highest BCUT2D eigenvalue weighted by atomic mass is 19.1. The molecule has 3 rings (SSSR count). The molecule has 1 spiro atoms. The molecule has 0 saturated carbocycles. The zero-order valence-electron chi connectivity index (χ0n) is 15.3. The Morgan fingerprint density at radius 3 is 2.59 bits per heavy atom. The molecule has 3 amide bonds. The highest BCUT2D eigenvalue weighted by Gasteiger charge is 2.55. The normalized spacial score (nSPS) is 21.6. The van der Waals surface area contributed by atoms with Gasteiger partial charge in [0.05, 0.1) is 11.5 Å². The number of hydrogen-bond donors (Lipinski definition) is 2. The Kier molecular flexibility index (Phi) is 5.34. The second kappa shape index (κ2) is 7.54. The fourth-order valence-electron chi connectivity index (χ4n) is 4.20. The predicted octanol–water partition coefficient (Wildman–Crippen LogP) is 1.48. The van der Waals surface area contributed by atoms with E-state index in [0.29, 0.717) is 44.5 Å². The van der Waals surface area contributed by atoms with E-state index in [9.17, 15) is 23.9 Å². The van der Waals surface area contributed by atoms with Crippen LogP contribution in [0.3, 0.4) is 0 Å². The molecule has 2 aliphatic rings. The molecule has 1 unspecified atom stereocenters. The Hall–Kier alpha value is -2.64. The first-order valence-electron chi connectivity index (χ1n) is 9.11. The van der Waals surface area contributed by atoms with Crippen LogP contribution in [0.2, 0.25) is 0 Å². The van der Waals surface area contributed by atoms with Gasteiger partial charge in [0.25, 0.3) is 0 Å². The van der Waals surface area contributed by atoms with E-state index in [4.69, 9.17) is 0 Å². The minimum Gasteiger partial charge on any atom is -0.481 e. The molecule has 2 aliphatic heterocycles. The maximum Gasteiger partial charge on any atom is 0.317 e. The Labute approximate surface area is 157 Å². The summed E-state index contributed by atoms with van der Waals surface area (Å²) in [7, 11) is 1.65. The molecular formula is C19H24FN3O4. The third-order valence-corrected chi connectivity index (χ3v) is 5.91. The molecule has 2 fully saturated rings. The highest BCUT2D eigenvalue weighted by Crippen LogP contribution is 2.42. The summed E-state index contributed by atoms with van der Waals surface area (Å²) >= 11 is 0. The monoisotopic (exact) mass is 377 g/mol. The smallest absolute Gasteiger partial charge is 0.317 e. The second-order valence-electron chi connectivity index (χ2n) is 7.21. The third kappa shape index (κ3) is 3.61. The van der Waals surface area contributed by atoms with Gasteiger partial charge in [-0.2, -0.15) is 0 Å². The number of aliphatic carboxylic acids is 1. The van der Waals surface area contributed by atoms with Crippen LogP contribution in [0, 0.1) is 11.7 Å². The number of carbonyl (C=O) groups is 3. The van der Waals surface area contributed by atoms with Gasteiger partial charge in [0.2, 0.25) is 5.91 Å². The average molecular weight is 377 g/mol. The third-order valence-electron chi connectivity index (χ3n) is 5.91. The summed E-state index contributed by atoms with van der Waals surface area (Å²) in [5.74, 6) is -2.15. The van der Waals surface area contributed by atoms with Crippen molar-refractivity contribution in [3.8, 4) is 0 Å². The average Bonchev–Trinajstić information content (AvgIpc) is 2.89. The van der Waals surface area contributed by atoms with Gasteiger partial charge in [0.15, 0.2) is 0 Å². The summed E-state index contributed by atoms with van der Waals surface area (Å²) in [4.78, 5) is 39.1. The first-order valence-corrected chi connectivity index (χ1v) is 9.11. The van der Waals surface area contributed by atoms with Gasteiger partial charge in [0.1, 0.15) is 5.82 Å². The lowest BCUT2D eigenvalue weighted by Crippen LogP contribution is -2.58. The number of nitrogens with one attached hydrogen (secondary N) is 1. The van der Waals surface area contributed by atoms with Crippen LogP contribution in [0.4, 0.5) is 9.18 Å². The van der Waals surface area contributed by atoms with Crippen LogP contribution < -0.4 is 5.32 Å². The van der Waals surface area contributed by atoms with Crippen molar-refractivity contribution in [3.05, 3.63) is 35.6 Å². The van der Waals surface area contributed by atoms with Gasteiger partial charge in [-0.15, -0.1) is 0 Å². The Morgan fingerprint density at radius 2 is 1.96 bits per heavy atom. The molecule has 1 aromatic carbocycles. The van der Waals surface area contributed by atoms with Crippen molar-refractivity contribution in [1.82, 2.24) is 15.1 Å². The lowest BCUT2D eigenvalue weighted by atomic mass is 9.77. The summed E-state index contributed by atoms with van der Waals surface area (Å²) in [5.41, 5.74) is -0.168. The molecule has 0 aromatic heterocycles. The number of carboxylic acids is 1. The van der Waals surface area contributed by atoms with E-state index in [1.165, 1.54) is 6.07 Å². The molecular weight excluding hydrogens is 353 g/mol. The molecule has 0 bridgehead atoms. The lowest BCUT2D eigenvalue weighted by molar-refractivity contribution is -0.145. The molecule has 27 heavy (non-hydrogen) atoms. The Bertz CT molecular complexity index is 746. The van der Waals surface area contributed by atoms with E-state index < -0.39 is 17.4 Å². The maximum atomic E-state index is 13.6. The molecule has 2 heterocycles. The van der Waals surface area contributed by atoms with Crippen molar-refractivity contribution >= 4 is 17.9 Å². The molecule has 7 nitrogen and oxygen atoms in total. The zero-order chi connectivity index (χ0) is 19.6. The topological polar surface area (TPSA) is 90.0 Å². The molecule has 1 aromatic rings. The minimum atomic E-state index is -0.963. The number of amides is 3. The summed E-state index contributed by atoms with van der Waals surface area (Å²) in [6.07, 6.45) is 1.29. The zero-order valence-corrected chi connectivity index (χ0v) is 15.3. The molecule has 0 radical (unpaired) electrons. The molecule has 146 valence electrons. The summed E-state index contributed by atoms with van der Waals surface area (Å²) in [5, 5.41) is 12.3. The molecule has 2 N–H and O–H groups in total. The van der Waals surface area contributed by atoms with E-state index in [0.717, 1.165) is 0 Å². The second-order valence-corrected chi connectivity index (χ2v) is 7.21. The molecule has 1 atom stereocenters. The first-order chi connectivity index (χ1) is 12.8. The van der Waals surface area contributed by atoms with Crippen LogP contribution in [0.1, 0.15) is 24.8 Å². The predicted molar refractivity (Wildman–Crippen MR) is 95.6 cm³/mol. The number of carbonyl (C=O) groups excluding carboxylic acids is 2. The van der Waals surface area contributed by atoms with Crippen molar-refractivity contribution in [1.29, 1.82) is 0 Å². The number of piperidine rings is 1. The lowest BCUT2D eigenvalue weighted by Gasteiger charge is -2.45. The van der Waals surface area contributed by atoms with Crippen LogP contribution in [0.15, 0.2) is 24.3 Å². The number of rotatable bonds is 4. The van der Waals surface area contributed by atoms with Crippen molar-refractivity contribution in [2.45, 2.75) is 31.2 Å². The summed E-state index contributed by atoms with van der Waals surface area (Å²) in [6, 6.07) is 6.20. The molecule has 8 heteroatoms. The van der Waals surface area contributed by atoms with Crippen molar-refractivity contribution < 1.29 is 23.9 Å². The number of hydrogen-bond acceptors (Lipinski definition) is 3. The molecule has 2 saturated heterocycles. The van der Waals surface area contributed by atoms with E-state index >= 15 is 0 Å². The van der Waals surface area contributed by atoms with Gasteiger partial charge in [-0.3, -0.25) is 9.59 Å². The van der Waals surface area contributed by atoms with Gasteiger partial charge in [0, 0.05) is 33.1 Å². The maximum absolute atomic E-state index is 13.6. The van der Waals surface area contributed by atoms with Crippen LogP contribution in [0.5, 0.6) is 0 Å². The number of urea groups is 1. The van der Waals surface area contributed by atoms with Crippen molar-refractivity contribution in [2.75, 3.05) is 26.7 Å². The van der Waals surface area contributed by atoms with Crippen LogP contribution in [-0.4, -0.2) is 65.0 Å². The van der Waals surface area contributed by atoms with Crippen LogP contribution in [-0.2, 0) is 16.0 Å². The highest BCUT2D eigenvalue weighted by molar-refractivity contribution is 5.88. The van der Waals surface area contributed by atoms with Gasteiger partial charge in [-0.25, -0.2) is 9.18 Å². The van der Waals surface area contributed by atoms with Crippen molar-refractivity contribution in [3.63, 3.8) is 0 Å². The van der Waals surface area contributed by atoms with Crippen LogP contribution in [0.25, 0.3) is 0 Å². The van der Waals surface area contributed by atoms with E-state index in [2.05, 4.69) is 5.32 Å². The first kappa shape index (κ1) is 19.1. The number of nitrogens with zero attached hydrogens (tertiary/aromatic N) is 2. The number of likely N-dealkylation sites (tertiary alicyclic amines) is 2. The largest absolute Gasteiger partial charge is 0.481 e. The fourth-order valence-corrected chi connectivity index (χ4v) is 4.20. The van der Waals surface area contributed by atoms with E-state index in [1.54, 1.807) is 35.0 Å². The Balaban J connectivity index is 1.54. The van der Waals surface area contributed by atoms with E-state index in [1.807, 2.05) is 0 Å². The summed E-state index contributed by atoms with van der Waals surface area (Å²) in [6.45, 7) is 1.08. The molecule has 0 aliphatic carbocycles. The summed E-state index contributed by atoms with van der Waals surface area (Å²) < 4.78 is 13.6. The van der Waals surface area contributed by atoms with E-state index in [-0.39, 0.29) is 24.2 Å². The number of benzene rings is 1. The number of halogens is 1. The van der Waals surface area contributed by atoms with Crippen LogP contribution >= 0.6 is 0 Å². The van der Waals surface area contributed by atoms with Gasteiger partial charge >= 0.3 is 12.0 Å². The quantitative estimate of drug-likeness (QED) is 0.832. The van der Waals surface area contributed by atoms with Gasteiger partial charge < -0.3 is 20.2 Å². The minimum absolute atomic E-state index is 0.0146. The van der Waals surface area contributed by atoms with Crippen molar-refractivity contribution in [2.24, 2.45) is 5.92 Å².